The first-order valence-electron chi connectivity index (χ1n) is 8.34. The van der Waals surface area contributed by atoms with Crippen LogP contribution in [0.15, 0.2) is 30.5 Å². The Morgan fingerprint density at radius 2 is 2.00 bits per heavy atom. The number of nitrogens with one attached hydrogen (secondary N) is 1. The van der Waals surface area contributed by atoms with E-state index < -0.39 is 6.04 Å². The topological polar surface area (TPSA) is 60.3 Å². The monoisotopic (exact) mass is 330 g/mol. The predicted octanol–water partition coefficient (Wildman–Crippen LogP) is 3.04. The molecule has 0 unspecified atom stereocenters. The van der Waals surface area contributed by atoms with Crippen molar-refractivity contribution in [3.05, 3.63) is 36.0 Å². The second kappa shape index (κ2) is 7.99. The average Bonchev–Trinajstić information content (AvgIpc) is 2.95. The number of hydrogen-bond acceptors (Lipinski definition) is 3. The summed E-state index contributed by atoms with van der Waals surface area (Å²) in [5.74, 6) is -0.231. The summed E-state index contributed by atoms with van der Waals surface area (Å²) in [5.41, 5.74) is 2.34. The fraction of sp³-hybridized carbons (Fsp3) is 0.474. The van der Waals surface area contributed by atoms with Gasteiger partial charge in [-0.15, -0.1) is 0 Å². The highest BCUT2D eigenvalue weighted by molar-refractivity contribution is 5.85. The van der Waals surface area contributed by atoms with E-state index in [1.807, 2.05) is 26.1 Å². The summed E-state index contributed by atoms with van der Waals surface area (Å²) in [6.07, 6.45) is 2.89. The number of rotatable bonds is 7. The molecule has 1 amide bonds. The summed E-state index contributed by atoms with van der Waals surface area (Å²) in [5, 5.41) is 3.99. The zero-order valence-corrected chi connectivity index (χ0v) is 14.8. The molecule has 0 aliphatic heterocycles. The lowest BCUT2D eigenvalue weighted by Gasteiger charge is -2.18. The molecular formula is C19H26N2O3. The molecule has 0 radical (unpaired) electrons. The van der Waals surface area contributed by atoms with Crippen LogP contribution in [0.4, 0.5) is 0 Å². The number of methoxy groups -OCH3 is 1. The molecule has 0 aliphatic carbocycles. The lowest BCUT2D eigenvalue weighted by molar-refractivity contribution is -0.145. The van der Waals surface area contributed by atoms with E-state index in [-0.39, 0.29) is 11.9 Å². The second-order valence-electron chi connectivity index (χ2n) is 6.54. The number of aryl methyl sites for hydroxylation is 2. The van der Waals surface area contributed by atoms with Crippen LogP contribution in [0.5, 0.6) is 0 Å². The highest BCUT2D eigenvalue weighted by Gasteiger charge is 2.22. The molecule has 0 saturated carbocycles. The number of ether oxygens (including phenoxy) is 1. The van der Waals surface area contributed by atoms with E-state index in [1.54, 1.807) is 0 Å². The van der Waals surface area contributed by atoms with Crippen LogP contribution in [0.3, 0.4) is 0 Å². The Labute approximate surface area is 143 Å². The fourth-order valence-corrected chi connectivity index (χ4v) is 2.89. The number of esters is 1. The molecule has 0 saturated heterocycles. The Morgan fingerprint density at radius 3 is 2.67 bits per heavy atom. The lowest BCUT2D eigenvalue weighted by atomic mass is 10.0. The average molecular weight is 330 g/mol. The van der Waals surface area contributed by atoms with Gasteiger partial charge < -0.3 is 14.6 Å². The van der Waals surface area contributed by atoms with Crippen LogP contribution in [0.25, 0.3) is 10.9 Å². The van der Waals surface area contributed by atoms with Crippen molar-refractivity contribution in [3.63, 3.8) is 0 Å². The highest BCUT2D eigenvalue weighted by Crippen LogP contribution is 2.19. The number of nitrogens with zero attached hydrogens (tertiary/aromatic N) is 1. The van der Waals surface area contributed by atoms with Crippen molar-refractivity contribution in [3.8, 4) is 0 Å². The van der Waals surface area contributed by atoms with Crippen LogP contribution in [0.2, 0.25) is 0 Å². The van der Waals surface area contributed by atoms with Crippen LogP contribution < -0.4 is 5.32 Å². The Balaban J connectivity index is 1.98. The summed E-state index contributed by atoms with van der Waals surface area (Å²) in [6, 6.07) is 7.64. The Bertz CT molecular complexity index is 718. The number of hydrogen-bond donors (Lipinski definition) is 1. The predicted molar refractivity (Wildman–Crippen MR) is 94.7 cm³/mol. The third-order valence-electron chi connectivity index (χ3n) is 4.14. The van der Waals surface area contributed by atoms with E-state index in [2.05, 4.69) is 35.0 Å². The van der Waals surface area contributed by atoms with Crippen LogP contribution in [-0.4, -0.2) is 29.6 Å². The van der Waals surface area contributed by atoms with Crippen molar-refractivity contribution < 1.29 is 14.3 Å². The first-order valence-corrected chi connectivity index (χ1v) is 8.34. The van der Waals surface area contributed by atoms with Gasteiger partial charge in [0.1, 0.15) is 6.04 Å². The van der Waals surface area contributed by atoms with Crippen molar-refractivity contribution in [2.45, 2.75) is 46.2 Å². The van der Waals surface area contributed by atoms with Gasteiger partial charge in [0.05, 0.1) is 7.11 Å². The Kier molecular flexibility index (Phi) is 6.01. The van der Waals surface area contributed by atoms with Crippen molar-refractivity contribution in [1.29, 1.82) is 0 Å². The highest BCUT2D eigenvalue weighted by atomic mass is 16.5. The normalized spacial score (nSPS) is 12.4. The molecule has 1 atom stereocenters. The van der Waals surface area contributed by atoms with E-state index in [9.17, 15) is 9.59 Å². The van der Waals surface area contributed by atoms with Gasteiger partial charge in [-0.1, -0.05) is 26.0 Å². The zero-order chi connectivity index (χ0) is 17.7. The molecule has 2 rings (SSSR count). The minimum Gasteiger partial charge on any atom is -0.467 e. The Hall–Kier alpha value is -2.30. The quantitative estimate of drug-likeness (QED) is 0.794. The maximum atomic E-state index is 12.2. The summed E-state index contributed by atoms with van der Waals surface area (Å²) >= 11 is 0. The van der Waals surface area contributed by atoms with Gasteiger partial charge in [0.15, 0.2) is 0 Å². The first kappa shape index (κ1) is 18.0. The van der Waals surface area contributed by atoms with Crippen LogP contribution in [0, 0.1) is 12.8 Å². The van der Waals surface area contributed by atoms with E-state index in [4.69, 9.17) is 4.74 Å². The summed E-state index contributed by atoms with van der Waals surface area (Å²) in [7, 11) is 1.34. The number of aromatic nitrogens is 1. The number of fused-ring (bicyclic) bond motifs is 1. The van der Waals surface area contributed by atoms with Gasteiger partial charge in [0, 0.05) is 30.1 Å². The molecule has 1 aromatic carbocycles. The molecule has 5 nitrogen and oxygen atoms in total. The van der Waals surface area contributed by atoms with E-state index in [0.717, 1.165) is 5.52 Å². The van der Waals surface area contributed by atoms with E-state index in [0.29, 0.717) is 25.3 Å². The van der Waals surface area contributed by atoms with Gasteiger partial charge in [0.25, 0.3) is 0 Å². The number of carbonyl (C=O) groups excluding carboxylic acids is 2. The molecule has 5 heteroatoms. The largest absolute Gasteiger partial charge is 0.467 e. The summed E-state index contributed by atoms with van der Waals surface area (Å²) in [4.78, 5) is 24.0. The SMILES string of the molecule is COC(=O)[C@H](CC(C)C)NC(=O)CCn1ccc2c(C)cccc21. The maximum absolute atomic E-state index is 12.2. The summed E-state index contributed by atoms with van der Waals surface area (Å²) < 4.78 is 6.84. The third-order valence-corrected chi connectivity index (χ3v) is 4.14. The zero-order valence-electron chi connectivity index (χ0n) is 14.8. The molecule has 130 valence electrons. The van der Waals surface area contributed by atoms with Crippen molar-refractivity contribution in [1.82, 2.24) is 9.88 Å². The van der Waals surface area contributed by atoms with Gasteiger partial charge >= 0.3 is 5.97 Å². The molecule has 24 heavy (non-hydrogen) atoms. The molecule has 0 aliphatic rings. The van der Waals surface area contributed by atoms with Gasteiger partial charge in [-0.05, 0) is 37.0 Å². The standard InChI is InChI=1S/C19H26N2O3/c1-13(2)12-16(19(23)24-4)20-18(22)9-11-21-10-8-15-14(3)6-5-7-17(15)21/h5-8,10,13,16H,9,11-12H2,1-4H3,(H,20,22)/t16-/m0/s1. The molecular weight excluding hydrogens is 304 g/mol. The molecule has 0 bridgehead atoms. The van der Waals surface area contributed by atoms with Crippen molar-refractivity contribution >= 4 is 22.8 Å². The minimum atomic E-state index is -0.578. The Morgan fingerprint density at radius 1 is 1.25 bits per heavy atom. The molecule has 1 N–H and O–H groups in total. The van der Waals surface area contributed by atoms with Crippen LogP contribution in [0.1, 0.15) is 32.3 Å². The molecule has 1 heterocycles. The maximum Gasteiger partial charge on any atom is 0.328 e. The molecule has 0 spiro atoms. The number of amides is 1. The third kappa shape index (κ3) is 4.37. The van der Waals surface area contributed by atoms with Gasteiger partial charge in [0.2, 0.25) is 5.91 Å². The number of carbonyl (C=O) groups is 2. The number of benzene rings is 1. The first-order chi connectivity index (χ1) is 11.4. The fourth-order valence-electron chi connectivity index (χ4n) is 2.89. The molecule has 1 aromatic heterocycles. The van der Waals surface area contributed by atoms with Crippen molar-refractivity contribution in [2.75, 3.05) is 7.11 Å². The molecule has 0 fully saturated rings. The van der Waals surface area contributed by atoms with Gasteiger partial charge in [-0.25, -0.2) is 4.79 Å². The second-order valence-corrected chi connectivity index (χ2v) is 6.54. The van der Waals surface area contributed by atoms with Gasteiger partial charge in [-0.3, -0.25) is 4.79 Å². The van der Waals surface area contributed by atoms with E-state index >= 15 is 0 Å². The van der Waals surface area contributed by atoms with Crippen molar-refractivity contribution in [2.24, 2.45) is 5.92 Å². The smallest absolute Gasteiger partial charge is 0.328 e. The van der Waals surface area contributed by atoms with Crippen LogP contribution in [-0.2, 0) is 20.9 Å². The van der Waals surface area contributed by atoms with Crippen LogP contribution >= 0.6 is 0 Å². The minimum absolute atomic E-state index is 0.138. The van der Waals surface area contributed by atoms with E-state index in [1.165, 1.54) is 18.1 Å². The molecule has 2 aromatic rings. The summed E-state index contributed by atoms with van der Waals surface area (Å²) in [6.45, 7) is 6.67. The van der Waals surface area contributed by atoms with Gasteiger partial charge in [-0.2, -0.15) is 0 Å². The lowest BCUT2D eigenvalue weighted by Crippen LogP contribution is -2.42.